The van der Waals surface area contributed by atoms with Gasteiger partial charge in [0.2, 0.25) is 5.91 Å². The topological polar surface area (TPSA) is 38.3 Å². The van der Waals surface area contributed by atoms with Gasteiger partial charge in [-0.25, -0.2) is 0 Å². The van der Waals surface area contributed by atoms with Crippen LogP contribution in [0.5, 0.6) is 0 Å². The molecule has 0 radical (unpaired) electrons. The van der Waals surface area contributed by atoms with E-state index < -0.39 is 0 Å². The molecule has 0 spiro atoms. The predicted molar refractivity (Wildman–Crippen MR) is 69.2 cm³/mol. The Hall–Kier alpha value is -0.613. The second-order valence-corrected chi connectivity index (χ2v) is 6.68. The van der Waals surface area contributed by atoms with Gasteiger partial charge in [0.25, 0.3) is 0 Å². The Kier molecular flexibility index (Phi) is 3.64. The molecule has 1 fully saturated rings. The SMILES string of the molecule is CC(C)(C)/C(=C1\CNC1=O)C(C)(C)CO[SiH3]. The van der Waals surface area contributed by atoms with E-state index in [1.807, 2.05) is 0 Å². The fourth-order valence-corrected chi connectivity index (χ4v) is 3.48. The molecule has 1 heterocycles. The minimum atomic E-state index is -0.0624. The van der Waals surface area contributed by atoms with Crippen molar-refractivity contribution in [1.29, 1.82) is 0 Å². The molecule has 0 aromatic carbocycles. The summed E-state index contributed by atoms with van der Waals surface area (Å²) in [6.07, 6.45) is 0. The molecule has 3 nitrogen and oxygen atoms in total. The first kappa shape index (κ1) is 13.5. The molecule has 1 amide bonds. The summed E-state index contributed by atoms with van der Waals surface area (Å²) in [6.45, 7) is 12.2. The summed E-state index contributed by atoms with van der Waals surface area (Å²) in [6, 6.07) is 0. The van der Waals surface area contributed by atoms with E-state index in [-0.39, 0.29) is 16.7 Å². The van der Waals surface area contributed by atoms with E-state index in [0.29, 0.717) is 13.2 Å². The summed E-state index contributed by atoms with van der Waals surface area (Å²) in [4.78, 5) is 11.6. The van der Waals surface area contributed by atoms with Crippen LogP contribution < -0.4 is 5.32 Å². The maximum absolute atomic E-state index is 11.6. The number of rotatable bonds is 3. The fraction of sp³-hybridized carbons (Fsp3) is 0.750. The van der Waals surface area contributed by atoms with Crippen LogP contribution >= 0.6 is 0 Å². The van der Waals surface area contributed by atoms with E-state index in [9.17, 15) is 4.79 Å². The van der Waals surface area contributed by atoms with Gasteiger partial charge in [0.15, 0.2) is 0 Å². The zero-order chi connectivity index (χ0) is 12.6. The Balaban J connectivity index is 3.17. The van der Waals surface area contributed by atoms with Gasteiger partial charge in [0.05, 0.1) is 0 Å². The maximum Gasteiger partial charge on any atom is 0.249 e. The van der Waals surface area contributed by atoms with Gasteiger partial charge in [-0.3, -0.25) is 4.79 Å². The van der Waals surface area contributed by atoms with E-state index in [0.717, 1.165) is 16.1 Å². The van der Waals surface area contributed by atoms with Crippen molar-refractivity contribution in [3.63, 3.8) is 0 Å². The van der Waals surface area contributed by atoms with Crippen molar-refractivity contribution in [2.45, 2.75) is 34.6 Å². The van der Waals surface area contributed by atoms with Crippen molar-refractivity contribution in [3.8, 4) is 0 Å². The van der Waals surface area contributed by atoms with Gasteiger partial charge >= 0.3 is 0 Å². The van der Waals surface area contributed by atoms with Gasteiger partial charge in [-0.2, -0.15) is 0 Å². The summed E-state index contributed by atoms with van der Waals surface area (Å²) in [5.41, 5.74) is 2.14. The van der Waals surface area contributed by atoms with Crippen LogP contribution in [0.1, 0.15) is 34.6 Å². The average Bonchev–Trinajstić information content (AvgIpc) is 2.09. The van der Waals surface area contributed by atoms with Crippen LogP contribution in [-0.4, -0.2) is 29.5 Å². The third-order valence-electron chi connectivity index (χ3n) is 2.93. The summed E-state index contributed by atoms with van der Waals surface area (Å²) in [7, 11) is 0.739. The van der Waals surface area contributed by atoms with Crippen molar-refractivity contribution >= 4 is 16.4 Å². The zero-order valence-corrected chi connectivity index (χ0v) is 13.2. The summed E-state index contributed by atoms with van der Waals surface area (Å²) in [5.74, 6) is 0.0892. The lowest BCUT2D eigenvalue weighted by Gasteiger charge is -2.40. The zero-order valence-electron chi connectivity index (χ0n) is 11.2. The molecule has 0 aromatic rings. The standard InChI is InChI=1S/C12H23NO2Si/c1-11(2,3)9(8-6-13-10(8)14)12(4,5)7-15-16/h6-7H2,1-5,16H3,(H,13,14)/b9-8-. The van der Waals surface area contributed by atoms with E-state index in [1.54, 1.807) is 0 Å². The number of hydrogen-bond acceptors (Lipinski definition) is 2. The summed E-state index contributed by atoms with van der Waals surface area (Å²) >= 11 is 0. The normalized spacial score (nSPS) is 20.4. The Labute approximate surface area is 101 Å². The van der Waals surface area contributed by atoms with E-state index in [2.05, 4.69) is 39.9 Å². The number of hydrogen-bond donors (Lipinski definition) is 1. The Morgan fingerprint density at radius 2 is 1.94 bits per heavy atom. The highest BCUT2D eigenvalue weighted by Gasteiger charge is 2.38. The highest BCUT2D eigenvalue weighted by molar-refractivity contribution is 6.01. The molecule has 0 saturated carbocycles. The molecule has 16 heavy (non-hydrogen) atoms. The first-order valence-electron chi connectivity index (χ1n) is 5.71. The molecule has 1 aliphatic rings. The van der Waals surface area contributed by atoms with E-state index in [4.69, 9.17) is 4.43 Å². The van der Waals surface area contributed by atoms with Crippen LogP contribution in [0.3, 0.4) is 0 Å². The Bertz CT molecular complexity index is 326. The van der Waals surface area contributed by atoms with Crippen molar-refractivity contribution in [3.05, 3.63) is 11.1 Å². The monoisotopic (exact) mass is 241 g/mol. The van der Waals surface area contributed by atoms with Crippen LogP contribution in [0.15, 0.2) is 11.1 Å². The van der Waals surface area contributed by atoms with Crippen molar-refractivity contribution in [2.75, 3.05) is 13.2 Å². The van der Waals surface area contributed by atoms with E-state index >= 15 is 0 Å². The third-order valence-corrected chi connectivity index (χ3v) is 3.22. The Morgan fingerprint density at radius 3 is 2.19 bits per heavy atom. The predicted octanol–water partition coefficient (Wildman–Crippen LogP) is 0.782. The first-order valence-corrected chi connectivity index (χ1v) is 6.53. The molecule has 1 N–H and O–H groups in total. The highest BCUT2D eigenvalue weighted by Crippen LogP contribution is 2.42. The number of carbonyl (C=O) groups is 1. The molecular weight excluding hydrogens is 218 g/mol. The maximum atomic E-state index is 11.6. The van der Waals surface area contributed by atoms with Crippen molar-refractivity contribution in [1.82, 2.24) is 5.32 Å². The number of carbonyl (C=O) groups excluding carboxylic acids is 1. The average molecular weight is 241 g/mol. The molecular formula is C12H23NO2Si. The number of amides is 1. The largest absolute Gasteiger partial charge is 0.427 e. The lowest BCUT2D eigenvalue weighted by Crippen LogP contribution is -2.46. The number of β-lactam (4-membered cyclic amide) rings is 1. The molecule has 1 rings (SSSR count). The van der Waals surface area contributed by atoms with Gasteiger partial charge < -0.3 is 9.74 Å². The molecule has 0 atom stereocenters. The van der Waals surface area contributed by atoms with Crippen LogP contribution in [0.4, 0.5) is 0 Å². The van der Waals surface area contributed by atoms with Gasteiger partial charge in [-0.1, -0.05) is 34.6 Å². The third kappa shape index (κ3) is 2.55. The molecule has 92 valence electrons. The highest BCUT2D eigenvalue weighted by atomic mass is 28.2. The molecule has 0 aliphatic carbocycles. The summed E-state index contributed by atoms with van der Waals surface area (Å²) in [5, 5.41) is 2.80. The van der Waals surface area contributed by atoms with Gasteiger partial charge in [0.1, 0.15) is 10.5 Å². The number of nitrogens with one attached hydrogen (secondary N) is 1. The van der Waals surface area contributed by atoms with Crippen LogP contribution in [0, 0.1) is 10.8 Å². The molecule has 1 saturated heterocycles. The molecule has 4 heteroatoms. The van der Waals surface area contributed by atoms with Crippen LogP contribution in [0.2, 0.25) is 0 Å². The van der Waals surface area contributed by atoms with Crippen molar-refractivity contribution < 1.29 is 9.22 Å². The van der Waals surface area contributed by atoms with E-state index in [1.165, 1.54) is 5.57 Å². The van der Waals surface area contributed by atoms with Gasteiger partial charge in [-0.05, 0) is 11.0 Å². The van der Waals surface area contributed by atoms with Crippen molar-refractivity contribution in [2.24, 2.45) is 10.8 Å². The molecule has 0 bridgehead atoms. The second-order valence-electron chi connectivity index (χ2n) is 6.10. The smallest absolute Gasteiger partial charge is 0.249 e. The summed E-state index contributed by atoms with van der Waals surface area (Å²) < 4.78 is 5.41. The second kappa shape index (κ2) is 4.34. The van der Waals surface area contributed by atoms with Gasteiger partial charge in [0, 0.05) is 24.1 Å². The molecule has 0 unspecified atom stereocenters. The molecule has 1 aliphatic heterocycles. The first-order chi connectivity index (χ1) is 7.20. The molecule has 0 aromatic heterocycles. The fourth-order valence-electron chi connectivity index (χ4n) is 2.76. The van der Waals surface area contributed by atoms with Gasteiger partial charge in [-0.15, -0.1) is 0 Å². The lowest BCUT2D eigenvalue weighted by molar-refractivity contribution is -0.120. The minimum Gasteiger partial charge on any atom is -0.427 e. The van der Waals surface area contributed by atoms with Crippen LogP contribution in [-0.2, 0) is 9.22 Å². The lowest BCUT2D eigenvalue weighted by atomic mass is 9.68. The van der Waals surface area contributed by atoms with Crippen LogP contribution in [0.25, 0.3) is 0 Å². The minimum absolute atomic E-state index is 0.0106. The quantitative estimate of drug-likeness (QED) is 0.450. The Morgan fingerprint density at radius 1 is 1.38 bits per heavy atom.